The highest BCUT2D eigenvalue weighted by Crippen LogP contribution is 2.47. The van der Waals surface area contributed by atoms with E-state index in [1.54, 1.807) is 7.11 Å². The Morgan fingerprint density at radius 1 is 1.07 bits per heavy atom. The molecular formula is C26H28ClNO2. The Labute approximate surface area is 184 Å². The minimum Gasteiger partial charge on any atom is -0.497 e. The highest BCUT2D eigenvalue weighted by Gasteiger charge is 2.31. The molecule has 30 heavy (non-hydrogen) atoms. The molecule has 0 saturated carbocycles. The standard InChI is InChI=1S/C26H28ClNO2/c1-28-17-21(19-9-6-10-22(27)14-19)13-20-15-25(18-7-4-3-5-8-18)30-26-16-23(29-2)11-12-24(20)26/h3-12,14,16,20-21,25,28H,13,15,17H2,1-2H3. The average molecular weight is 422 g/mol. The van der Waals surface area contributed by atoms with E-state index in [9.17, 15) is 0 Å². The molecule has 3 nitrogen and oxygen atoms in total. The summed E-state index contributed by atoms with van der Waals surface area (Å²) in [4.78, 5) is 0. The van der Waals surface area contributed by atoms with E-state index < -0.39 is 0 Å². The molecule has 1 aliphatic heterocycles. The first kappa shape index (κ1) is 20.8. The molecule has 0 amide bonds. The predicted octanol–water partition coefficient (Wildman–Crippen LogP) is 6.35. The molecule has 1 heterocycles. The molecule has 3 aromatic rings. The molecule has 0 spiro atoms. The lowest BCUT2D eigenvalue weighted by molar-refractivity contribution is 0.155. The van der Waals surface area contributed by atoms with Crippen LogP contribution in [0.15, 0.2) is 72.8 Å². The Hall–Kier alpha value is -2.49. The third-order valence-corrected chi connectivity index (χ3v) is 6.17. The molecule has 0 bridgehead atoms. The SMILES string of the molecule is CNCC(CC1CC(c2ccccc2)Oc2cc(OC)ccc21)c1cccc(Cl)c1. The van der Waals surface area contributed by atoms with Gasteiger partial charge in [-0.2, -0.15) is 0 Å². The highest BCUT2D eigenvalue weighted by molar-refractivity contribution is 6.30. The first-order chi connectivity index (χ1) is 14.7. The Morgan fingerprint density at radius 3 is 2.63 bits per heavy atom. The van der Waals surface area contributed by atoms with Gasteiger partial charge in [0.05, 0.1) is 7.11 Å². The predicted molar refractivity (Wildman–Crippen MR) is 123 cm³/mol. The fraction of sp³-hybridized carbons (Fsp3) is 0.308. The Bertz CT molecular complexity index is 976. The molecule has 1 N–H and O–H groups in total. The minimum absolute atomic E-state index is 0.0328. The maximum absolute atomic E-state index is 6.44. The number of ether oxygens (including phenoxy) is 2. The van der Waals surface area contributed by atoms with Gasteiger partial charge in [-0.1, -0.05) is 60.1 Å². The van der Waals surface area contributed by atoms with E-state index in [4.69, 9.17) is 21.1 Å². The van der Waals surface area contributed by atoms with Gasteiger partial charge in [0.2, 0.25) is 0 Å². The normalized spacial score (nSPS) is 18.9. The number of likely N-dealkylation sites (N-methyl/N-ethyl adjacent to an activating group) is 1. The van der Waals surface area contributed by atoms with Crippen LogP contribution in [0.1, 0.15) is 47.5 Å². The van der Waals surface area contributed by atoms with Crippen LogP contribution in [0.5, 0.6) is 11.5 Å². The Balaban J connectivity index is 1.67. The maximum Gasteiger partial charge on any atom is 0.127 e. The number of hydrogen-bond donors (Lipinski definition) is 1. The van der Waals surface area contributed by atoms with Crippen LogP contribution in [0.3, 0.4) is 0 Å². The van der Waals surface area contributed by atoms with Gasteiger partial charge in [-0.15, -0.1) is 0 Å². The van der Waals surface area contributed by atoms with E-state index in [1.165, 1.54) is 16.7 Å². The summed E-state index contributed by atoms with van der Waals surface area (Å²) in [6.07, 6.45) is 2.00. The summed E-state index contributed by atoms with van der Waals surface area (Å²) in [5.41, 5.74) is 3.74. The van der Waals surface area contributed by atoms with Crippen LogP contribution in [0.2, 0.25) is 5.02 Å². The summed E-state index contributed by atoms with van der Waals surface area (Å²) in [6.45, 7) is 0.902. The molecule has 4 rings (SSSR count). The first-order valence-corrected chi connectivity index (χ1v) is 10.9. The molecule has 0 aromatic heterocycles. The summed E-state index contributed by atoms with van der Waals surface area (Å²) in [5.74, 6) is 2.49. The van der Waals surface area contributed by atoms with E-state index in [1.807, 2.05) is 37.4 Å². The lowest BCUT2D eigenvalue weighted by atomic mass is 9.79. The summed E-state index contributed by atoms with van der Waals surface area (Å²) < 4.78 is 11.9. The molecule has 0 aliphatic carbocycles. The van der Waals surface area contributed by atoms with Crippen molar-refractivity contribution in [1.82, 2.24) is 5.32 Å². The Morgan fingerprint density at radius 2 is 1.90 bits per heavy atom. The zero-order valence-corrected chi connectivity index (χ0v) is 18.2. The van der Waals surface area contributed by atoms with Crippen LogP contribution in [-0.4, -0.2) is 20.7 Å². The zero-order chi connectivity index (χ0) is 20.9. The van der Waals surface area contributed by atoms with Crippen molar-refractivity contribution in [1.29, 1.82) is 0 Å². The lowest BCUT2D eigenvalue weighted by Gasteiger charge is -2.35. The topological polar surface area (TPSA) is 30.5 Å². The second-order valence-electron chi connectivity index (χ2n) is 7.90. The zero-order valence-electron chi connectivity index (χ0n) is 17.5. The maximum atomic E-state index is 6.44. The van der Waals surface area contributed by atoms with E-state index in [0.29, 0.717) is 11.8 Å². The fourth-order valence-corrected chi connectivity index (χ4v) is 4.65. The third-order valence-electron chi connectivity index (χ3n) is 5.94. The molecular weight excluding hydrogens is 394 g/mol. The van der Waals surface area contributed by atoms with Crippen molar-refractivity contribution in [2.24, 2.45) is 0 Å². The van der Waals surface area contributed by atoms with Gasteiger partial charge in [-0.25, -0.2) is 0 Å². The highest BCUT2D eigenvalue weighted by atomic mass is 35.5. The first-order valence-electron chi connectivity index (χ1n) is 10.5. The van der Waals surface area contributed by atoms with Crippen LogP contribution < -0.4 is 14.8 Å². The number of fused-ring (bicyclic) bond motifs is 1. The van der Waals surface area contributed by atoms with Crippen LogP contribution in [-0.2, 0) is 0 Å². The number of nitrogens with one attached hydrogen (secondary N) is 1. The minimum atomic E-state index is 0.0328. The fourth-order valence-electron chi connectivity index (χ4n) is 4.45. The van der Waals surface area contributed by atoms with Crippen molar-refractivity contribution in [3.63, 3.8) is 0 Å². The number of rotatable bonds is 7. The van der Waals surface area contributed by atoms with Gasteiger partial charge in [-0.05, 0) is 66.6 Å². The molecule has 0 fully saturated rings. The molecule has 0 saturated heterocycles. The van der Waals surface area contributed by atoms with Gasteiger partial charge >= 0.3 is 0 Å². The van der Waals surface area contributed by atoms with Gasteiger partial charge < -0.3 is 14.8 Å². The van der Waals surface area contributed by atoms with Crippen molar-refractivity contribution in [3.8, 4) is 11.5 Å². The number of hydrogen-bond acceptors (Lipinski definition) is 3. The van der Waals surface area contributed by atoms with Gasteiger partial charge in [0.1, 0.15) is 17.6 Å². The van der Waals surface area contributed by atoms with Crippen LogP contribution >= 0.6 is 11.6 Å². The molecule has 0 radical (unpaired) electrons. The monoisotopic (exact) mass is 421 g/mol. The molecule has 1 aliphatic rings. The largest absolute Gasteiger partial charge is 0.497 e. The van der Waals surface area contributed by atoms with Crippen molar-refractivity contribution < 1.29 is 9.47 Å². The summed E-state index contributed by atoms with van der Waals surface area (Å²) in [5, 5.41) is 4.15. The quantitative estimate of drug-likeness (QED) is 0.482. The number of benzene rings is 3. The van der Waals surface area contributed by atoms with E-state index in [2.05, 4.69) is 47.8 Å². The van der Waals surface area contributed by atoms with Crippen LogP contribution in [0.4, 0.5) is 0 Å². The average Bonchev–Trinajstić information content (AvgIpc) is 2.78. The van der Waals surface area contributed by atoms with Gasteiger partial charge in [0.15, 0.2) is 0 Å². The van der Waals surface area contributed by atoms with Crippen molar-refractivity contribution >= 4 is 11.6 Å². The van der Waals surface area contributed by atoms with Crippen LogP contribution in [0, 0.1) is 0 Å². The van der Waals surface area contributed by atoms with Gasteiger partial charge in [-0.3, -0.25) is 0 Å². The summed E-state index contributed by atoms with van der Waals surface area (Å²) in [7, 11) is 3.70. The van der Waals surface area contributed by atoms with Crippen LogP contribution in [0.25, 0.3) is 0 Å². The van der Waals surface area contributed by atoms with Gasteiger partial charge in [0, 0.05) is 17.6 Å². The summed E-state index contributed by atoms with van der Waals surface area (Å²) in [6, 6.07) is 24.9. The second kappa shape index (κ2) is 9.55. The second-order valence-corrected chi connectivity index (χ2v) is 8.34. The van der Waals surface area contributed by atoms with E-state index in [-0.39, 0.29) is 6.10 Å². The summed E-state index contributed by atoms with van der Waals surface area (Å²) >= 11 is 6.30. The van der Waals surface area contributed by atoms with Gasteiger partial charge in [0.25, 0.3) is 0 Å². The van der Waals surface area contributed by atoms with Crippen molar-refractivity contribution in [2.75, 3.05) is 20.7 Å². The van der Waals surface area contributed by atoms with Crippen molar-refractivity contribution in [2.45, 2.75) is 30.8 Å². The number of halogens is 1. The van der Waals surface area contributed by atoms with Crippen molar-refractivity contribution in [3.05, 3.63) is 94.5 Å². The molecule has 3 aromatic carbocycles. The number of methoxy groups -OCH3 is 1. The molecule has 3 unspecified atom stereocenters. The van der Waals surface area contributed by atoms with E-state index >= 15 is 0 Å². The molecule has 4 heteroatoms. The van der Waals surface area contributed by atoms with E-state index in [0.717, 1.165) is 35.9 Å². The Kier molecular flexibility index (Phi) is 6.61. The third kappa shape index (κ3) is 4.63. The molecule has 156 valence electrons. The smallest absolute Gasteiger partial charge is 0.127 e. The molecule has 3 atom stereocenters. The lowest BCUT2D eigenvalue weighted by Crippen LogP contribution is -2.24.